The lowest BCUT2D eigenvalue weighted by molar-refractivity contribution is -0.151. The zero-order valence-electron chi connectivity index (χ0n) is 12.9. The van der Waals surface area contributed by atoms with Crippen molar-refractivity contribution >= 4 is 5.97 Å². The molecule has 0 aliphatic carbocycles. The molecule has 0 saturated carbocycles. The molecule has 0 aromatic carbocycles. The molecule has 0 aliphatic rings. The van der Waals surface area contributed by atoms with Gasteiger partial charge in [0, 0.05) is 0 Å². The van der Waals surface area contributed by atoms with Gasteiger partial charge in [-0.25, -0.2) is 4.79 Å². The SMILES string of the molecule is CCCCCCCCC/C=C(\F)C(=O)OC(C)(C)C. The summed E-state index contributed by atoms with van der Waals surface area (Å²) in [6.07, 6.45) is 10.3. The highest BCUT2D eigenvalue weighted by Crippen LogP contribution is 2.14. The van der Waals surface area contributed by atoms with Crippen LogP contribution in [-0.2, 0) is 9.53 Å². The third-order valence-corrected chi connectivity index (χ3v) is 2.73. The molecule has 2 nitrogen and oxygen atoms in total. The molecule has 0 saturated heterocycles. The van der Waals surface area contributed by atoms with Crippen molar-refractivity contribution in [2.75, 3.05) is 0 Å². The number of carbonyl (C=O) groups excluding carboxylic acids is 1. The largest absolute Gasteiger partial charge is 0.455 e. The van der Waals surface area contributed by atoms with Gasteiger partial charge < -0.3 is 4.74 Å². The van der Waals surface area contributed by atoms with Crippen molar-refractivity contribution < 1.29 is 13.9 Å². The number of allylic oxidation sites excluding steroid dienone is 1. The Balaban J connectivity index is 3.67. The molecule has 3 heteroatoms. The molecule has 0 bridgehead atoms. The molecule has 112 valence electrons. The van der Waals surface area contributed by atoms with E-state index in [1.807, 2.05) is 0 Å². The Labute approximate surface area is 117 Å². The fraction of sp³-hybridized carbons (Fsp3) is 0.812. The molecule has 0 fully saturated rings. The Morgan fingerprint density at radius 2 is 1.58 bits per heavy atom. The first-order chi connectivity index (χ1) is 8.87. The van der Waals surface area contributed by atoms with E-state index in [4.69, 9.17) is 4.74 Å². The van der Waals surface area contributed by atoms with Crippen molar-refractivity contribution in [3.63, 3.8) is 0 Å². The van der Waals surface area contributed by atoms with Crippen LogP contribution in [0.5, 0.6) is 0 Å². The van der Waals surface area contributed by atoms with Crippen molar-refractivity contribution in [3.8, 4) is 0 Å². The second-order valence-corrected chi connectivity index (χ2v) is 5.96. The van der Waals surface area contributed by atoms with Crippen LogP contribution in [0.3, 0.4) is 0 Å². The van der Waals surface area contributed by atoms with Gasteiger partial charge in [0.25, 0.3) is 0 Å². The summed E-state index contributed by atoms with van der Waals surface area (Å²) in [7, 11) is 0. The maximum atomic E-state index is 13.4. The molecule has 19 heavy (non-hydrogen) atoms. The molecule has 0 spiro atoms. The highest BCUT2D eigenvalue weighted by molar-refractivity contribution is 5.86. The third kappa shape index (κ3) is 11.9. The van der Waals surface area contributed by atoms with Gasteiger partial charge in [0.2, 0.25) is 5.83 Å². The van der Waals surface area contributed by atoms with Crippen LogP contribution in [0.15, 0.2) is 11.9 Å². The fourth-order valence-corrected chi connectivity index (χ4v) is 1.74. The number of rotatable bonds is 9. The highest BCUT2D eigenvalue weighted by atomic mass is 19.1. The summed E-state index contributed by atoms with van der Waals surface area (Å²) < 4.78 is 18.3. The summed E-state index contributed by atoms with van der Waals surface area (Å²) >= 11 is 0. The normalized spacial score (nSPS) is 12.6. The zero-order chi connectivity index (χ0) is 14.7. The first kappa shape index (κ1) is 18.1. The van der Waals surface area contributed by atoms with E-state index in [0.29, 0.717) is 6.42 Å². The van der Waals surface area contributed by atoms with E-state index in [0.717, 1.165) is 12.8 Å². The van der Waals surface area contributed by atoms with E-state index in [-0.39, 0.29) is 0 Å². The molecule has 0 N–H and O–H groups in total. The Bertz CT molecular complexity index is 277. The van der Waals surface area contributed by atoms with Gasteiger partial charge in [-0.2, -0.15) is 4.39 Å². The average molecular weight is 272 g/mol. The smallest absolute Gasteiger partial charge is 0.367 e. The predicted molar refractivity (Wildman–Crippen MR) is 77.6 cm³/mol. The van der Waals surface area contributed by atoms with Gasteiger partial charge in [-0.3, -0.25) is 0 Å². The van der Waals surface area contributed by atoms with Crippen molar-refractivity contribution in [1.29, 1.82) is 0 Å². The van der Waals surface area contributed by atoms with Crippen LogP contribution in [0, 0.1) is 0 Å². The minimum absolute atomic E-state index is 0.610. The van der Waals surface area contributed by atoms with E-state index in [1.165, 1.54) is 38.2 Å². The summed E-state index contributed by atoms with van der Waals surface area (Å²) in [6.45, 7) is 7.39. The van der Waals surface area contributed by atoms with Crippen LogP contribution < -0.4 is 0 Å². The average Bonchev–Trinajstić information content (AvgIpc) is 2.30. The minimum atomic E-state index is -0.851. The van der Waals surface area contributed by atoms with Crippen LogP contribution in [0.2, 0.25) is 0 Å². The lowest BCUT2D eigenvalue weighted by Gasteiger charge is -2.18. The number of ether oxygens (including phenoxy) is 1. The van der Waals surface area contributed by atoms with Crippen LogP contribution in [0.1, 0.15) is 79.1 Å². The second kappa shape index (κ2) is 9.99. The number of esters is 1. The fourth-order valence-electron chi connectivity index (χ4n) is 1.74. The molecule has 0 amide bonds. The number of hydrogen-bond acceptors (Lipinski definition) is 2. The number of halogens is 1. The van der Waals surface area contributed by atoms with Crippen LogP contribution in [-0.4, -0.2) is 11.6 Å². The Morgan fingerprint density at radius 1 is 1.05 bits per heavy atom. The molecule has 0 unspecified atom stereocenters. The van der Waals surface area contributed by atoms with E-state index < -0.39 is 17.4 Å². The topological polar surface area (TPSA) is 26.3 Å². The third-order valence-electron chi connectivity index (χ3n) is 2.73. The zero-order valence-corrected chi connectivity index (χ0v) is 12.9. The molecule has 0 rings (SSSR count). The van der Waals surface area contributed by atoms with Crippen molar-refractivity contribution in [3.05, 3.63) is 11.9 Å². The molecule has 0 atom stereocenters. The predicted octanol–water partition coefficient (Wildman–Crippen LogP) is 5.32. The molecule has 0 aliphatic heterocycles. The summed E-state index contributed by atoms with van der Waals surface area (Å²) in [5, 5.41) is 0. The highest BCUT2D eigenvalue weighted by Gasteiger charge is 2.19. The Kier molecular flexibility index (Phi) is 9.54. The van der Waals surface area contributed by atoms with Crippen molar-refractivity contribution in [2.24, 2.45) is 0 Å². The summed E-state index contributed by atoms with van der Waals surface area (Å²) in [5.41, 5.74) is -0.637. The van der Waals surface area contributed by atoms with E-state index in [1.54, 1.807) is 20.8 Å². The monoisotopic (exact) mass is 272 g/mol. The minimum Gasteiger partial charge on any atom is -0.455 e. The number of hydrogen-bond donors (Lipinski definition) is 0. The van der Waals surface area contributed by atoms with Gasteiger partial charge in [0.15, 0.2) is 0 Å². The van der Waals surface area contributed by atoms with Gasteiger partial charge >= 0.3 is 5.97 Å². The van der Waals surface area contributed by atoms with Gasteiger partial charge in [-0.05, 0) is 39.7 Å². The molecular formula is C16H29FO2. The Hall–Kier alpha value is -0.860. The molecule has 0 heterocycles. The van der Waals surface area contributed by atoms with Crippen LogP contribution in [0.4, 0.5) is 4.39 Å². The summed E-state index contributed by atoms with van der Waals surface area (Å²) in [5.74, 6) is -1.61. The molecular weight excluding hydrogens is 243 g/mol. The lowest BCUT2D eigenvalue weighted by atomic mass is 10.1. The Morgan fingerprint density at radius 3 is 2.11 bits per heavy atom. The standard InChI is InChI=1S/C16H29FO2/c1-5-6-7-8-9-10-11-12-13-14(17)15(18)19-16(2,3)4/h13H,5-12H2,1-4H3/b14-13-. The summed E-state index contributed by atoms with van der Waals surface area (Å²) in [4.78, 5) is 11.3. The van der Waals surface area contributed by atoms with Crippen molar-refractivity contribution in [1.82, 2.24) is 0 Å². The lowest BCUT2D eigenvalue weighted by Crippen LogP contribution is -2.24. The van der Waals surface area contributed by atoms with E-state index in [2.05, 4.69) is 6.92 Å². The molecule has 0 aromatic rings. The number of carbonyl (C=O) groups is 1. The molecule has 0 radical (unpaired) electrons. The van der Waals surface area contributed by atoms with Crippen molar-refractivity contribution in [2.45, 2.75) is 84.7 Å². The van der Waals surface area contributed by atoms with Gasteiger partial charge in [-0.1, -0.05) is 45.4 Å². The molecule has 0 aromatic heterocycles. The van der Waals surface area contributed by atoms with E-state index in [9.17, 15) is 9.18 Å². The van der Waals surface area contributed by atoms with Gasteiger partial charge in [0.1, 0.15) is 5.60 Å². The number of unbranched alkanes of at least 4 members (excludes halogenated alkanes) is 7. The van der Waals surface area contributed by atoms with Crippen LogP contribution >= 0.6 is 0 Å². The second-order valence-electron chi connectivity index (χ2n) is 5.96. The first-order valence-electron chi connectivity index (χ1n) is 7.46. The quantitative estimate of drug-likeness (QED) is 0.322. The van der Waals surface area contributed by atoms with E-state index >= 15 is 0 Å². The van der Waals surface area contributed by atoms with Gasteiger partial charge in [0.05, 0.1) is 0 Å². The van der Waals surface area contributed by atoms with Gasteiger partial charge in [-0.15, -0.1) is 0 Å². The maximum Gasteiger partial charge on any atom is 0.367 e. The summed E-state index contributed by atoms with van der Waals surface area (Å²) in [6, 6.07) is 0. The van der Waals surface area contributed by atoms with Crippen LogP contribution in [0.25, 0.3) is 0 Å². The maximum absolute atomic E-state index is 13.4. The first-order valence-corrected chi connectivity index (χ1v) is 7.46.